The monoisotopic (exact) mass is 290 g/mol. The maximum Gasteiger partial charge on any atom is 0.254 e. The highest BCUT2D eigenvalue weighted by Crippen LogP contribution is 2.16. The Morgan fingerprint density at radius 1 is 1.20 bits per heavy atom. The summed E-state index contributed by atoms with van der Waals surface area (Å²) in [6, 6.07) is 13.9. The highest BCUT2D eigenvalue weighted by molar-refractivity contribution is 7.99. The molecule has 3 N–H and O–H groups in total. The summed E-state index contributed by atoms with van der Waals surface area (Å²) >= 11 is 1.63. The molecule has 0 bridgehead atoms. The van der Waals surface area contributed by atoms with Crippen molar-refractivity contribution in [2.24, 2.45) is 0 Å². The molecular weight excluding hydrogens is 275 g/mol. The van der Waals surface area contributed by atoms with Crippen LogP contribution in [-0.4, -0.2) is 18.2 Å². The van der Waals surface area contributed by atoms with Gasteiger partial charge >= 0.3 is 0 Å². The molecule has 1 amide bonds. The van der Waals surface area contributed by atoms with E-state index >= 15 is 0 Å². The summed E-state index contributed by atoms with van der Waals surface area (Å²) in [5.41, 5.74) is 5.90. The molecule has 3 nitrogen and oxygen atoms in total. The third-order valence-electron chi connectivity index (χ3n) is 2.63. The van der Waals surface area contributed by atoms with Gasteiger partial charge in [0.15, 0.2) is 0 Å². The van der Waals surface area contributed by atoms with Crippen LogP contribution in [0.5, 0.6) is 0 Å². The minimum atomic E-state index is -0.563. The van der Waals surface area contributed by atoms with Crippen LogP contribution in [0.1, 0.15) is 10.4 Å². The second-order valence-electron chi connectivity index (χ2n) is 4.16. The van der Waals surface area contributed by atoms with Gasteiger partial charge in [-0.3, -0.25) is 4.79 Å². The van der Waals surface area contributed by atoms with E-state index in [0.717, 1.165) is 10.6 Å². The molecule has 0 atom stereocenters. The molecule has 5 heteroatoms. The average Bonchev–Trinajstić information content (AvgIpc) is 2.47. The average molecular weight is 290 g/mol. The van der Waals surface area contributed by atoms with Gasteiger partial charge in [0.1, 0.15) is 5.82 Å². The maximum atomic E-state index is 13.5. The summed E-state index contributed by atoms with van der Waals surface area (Å²) in [5, 5.41) is 2.68. The Morgan fingerprint density at radius 2 is 1.95 bits per heavy atom. The maximum absolute atomic E-state index is 13.5. The molecule has 0 unspecified atom stereocenters. The number of nitrogens with two attached hydrogens (primary N) is 1. The Kier molecular flexibility index (Phi) is 5.01. The number of amides is 1. The van der Waals surface area contributed by atoms with Gasteiger partial charge in [-0.15, -0.1) is 11.8 Å². The molecule has 0 aliphatic rings. The predicted molar refractivity (Wildman–Crippen MR) is 80.3 cm³/mol. The number of carbonyl (C=O) groups is 1. The van der Waals surface area contributed by atoms with Crippen LogP contribution in [0.2, 0.25) is 0 Å². The fourth-order valence-electron chi connectivity index (χ4n) is 1.66. The fourth-order valence-corrected chi connectivity index (χ4v) is 2.45. The number of nitrogens with one attached hydrogen (secondary N) is 1. The predicted octanol–water partition coefficient (Wildman–Crippen LogP) is 2.93. The number of rotatable bonds is 5. The molecule has 0 spiro atoms. The Hall–Kier alpha value is -2.01. The van der Waals surface area contributed by atoms with Gasteiger partial charge < -0.3 is 11.1 Å². The summed E-state index contributed by atoms with van der Waals surface area (Å²) in [5.74, 6) is -0.282. The zero-order valence-corrected chi connectivity index (χ0v) is 11.6. The second-order valence-corrected chi connectivity index (χ2v) is 5.33. The molecule has 2 aromatic rings. The highest BCUT2D eigenvalue weighted by atomic mass is 32.2. The largest absolute Gasteiger partial charge is 0.399 e. The Labute approximate surface area is 121 Å². The first kappa shape index (κ1) is 14.4. The van der Waals surface area contributed by atoms with Gasteiger partial charge in [-0.1, -0.05) is 18.2 Å². The van der Waals surface area contributed by atoms with Crippen LogP contribution in [0, 0.1) is 5.82 Å². The molecule has 104 valence electrons. The minimum absolute atomic E-state index is 0.0188. The van der Waals surface area contributed by atoms with E-state index in [-0.39, 0.29) is 5.56 Å². The lowest BCUT2D eigenvalue weighted by atomic mass is 10.2. The number of thioether (sulfide) groups is 1. The molecule has 0 saturated carbocycles. The first-order chi connectivity index (χ1) is 9.66. The zero-order chi connectivity index (χ0) is 14.4. The molecule has 0 saturated heterocycles. The lowest BCUT2D eigenvalue weighted by Crippen LogP contribution is -2.26. The SMILES string of the molecule is Nc1ccc(F)c(C(=O)NCCSc2ccccc2)c1. The van der Waals surface area contributed by atoms with E-state index in [1.165, 1.54) is 18.2 Å². The van der Waals surface area contributed by atoms with Crippen LogP contribution in [0.25, 0.3) is 0 Å². The molecule has 0 radical (unpaired) electrons. The third-order valence-corrected chi connectivity index (χ3v) is 3.65. The molecule has 0 heterocycles. The number of hydrogen-bond acceptors (Lipinski definition) is 3. The third kappa shape index (κ3) is 3.99. The first-order valence-corrected chi connectivity index (χ1v) is 7.16. The second kappa shape index (κ2) is 6.96. The Bertz CT molecular complexity index is 590. The summed E-state index contributed by atoms with van der Waals surface area (Å²) in [6.07, 6.45) is 0. The van der Waals surface area contributed by atoms with Crippen molar-refractivity contribution in [2.75, 3.05) is 18.0 Å². The molecule has 2 rings (SSSR count). The van der Waals surface area contributed by atoms with Crippen LogP contribution in [0.3, 0.4) is 0 Å². The smallest absolute Gasteiger partial charge is 0.254 e. The molecule has 2 aromatic carbocycles. The van der Waals surface area contributed by atoms with E-state index < -0.39 is 11.7 Å². The van der Waals surface area contributed by atoms with E-state index in [2.05, 4.69) is 5.32 Å². The van der Waals surface area contributed by atoms with E-state index in [1.54, 1.807) is 11.8 Å². The van der Waals surface area contributed by atoms with Crippen molar-refractivity contribution in [3.63, 3.8) is 0 Å². The van der Waals surface area contributed by atoms with Crippen LogP contribution in [-0.2, 0) is 0 Å². The summed E-state index contributed by atoms with van der Waals surface area (Å²) in [4.78, 5) is 12.9. The number of nitrogen functional groups attached to an aromatic ring is 1. The number of hydrogen-bond donors (Lipinski definition) is 2. The highest BCUT2D eigenvalue weighted by Gasteiger charge is 2.11. The van der Waals surface area contributed by atoms with Gasteiger partial charge in [0.25, 0.3) is 5.91 Å². The zero-order valence-electron chi connectivity index (χ0n) is 10.8. The quantitative estimate of drug-likeness (QED) is 0.506. The van der Waals surface area contributed by atoms with Gasteiger partial charge in [-0.05, 0) is 30.3 Å². The van der Waals surface area contributed by atoms with E-state index in [9.17, 15) is 9.18 Å². The van der Waals surface area contributed by atoms with Crippen molar-refractivity contribution in [1.82, 2.24) is 5.32 Å². The normalized spacial score (nSPS) is 10.2. The van der Waals surface area contributed by atoms with Crippen molar-refractivity contribution in [3.8, 4) is 0 Å². The minimum Gasteiger partial charge on any atom is -0.399 e. The molecule has 0 aliphatic carbocycles. The standard InChI is InChI=1S/C15H15FN2OS/c16-14-7-6-11(17)10-13(14)15(19)18-8-9-20-12-4-2-1-3-5-12/h1-7,10H,8-9,17H2,(H,18,19). The van der Waals surface area contributed by atoms with E-state index in [0.29, 0.717) is 12.2 Å². The number of carbonyl (C=O) groups excluding carboxylic acids is 1. The summed E-state index contributed by atoms with van der Waals surface area (Å²) < 4.78 is 13.5. The number of benzene rings is 2. The van der Waals surface area contributed by atoms with E-state index in [4.69, 9.17) is 5.73 Å². The van der Waals surface area contributed by atoms with Crippen molar-refractivity contribution in [1.29, 1.82) is 0 Å². The van der Waals surface area contributed by atoms with Crippen LogP contribution in [0.4, 0.5) is 10.1 Å². The van der Waals surface area contributed by atoms with Crippen LogP contribution in [0.15, 0.2) is 53.4 Å². The molecule has 0 fully saturated rings. The lowest BCUT2D eigenvalue weighted by molar-refractivity contribution is 0.0952. The molecule has 0 aromatic heterocycles. The van der Waals surface area contributed by atoms with Crippen molar-refractivity contribution < 1.29 is 9.18 Å². The Morgan fingerprint density at radius 3 is 2.70 bits per heavy atom. The van der Waals surface area contributed by atoms with Gasteiger partial charge in [0, 0.05) is 22.9 Å². The summed E-state index contributed by atoms with van der Waals surface area (Å²) in [6.45, 7) is 0.465. The van der Waals surface area contributed by atoms with Crippen molar-refractivity contribution in [3.05, 3.63) is 59.9 Å². The topological polar surface area (TPSA) is 55.1 Å². The number of anilines is 1. The fraction of sp³-hybridized carbons (Fsp3) is 0.133. The van der Waals surface area contributed by atoms with Crippen LogP contribution >= 0.6 is 11.8 Å². The van der Waals surface area contributed by atoms with Gasteiger partial charge in [0.05, 0.1) is 5.56 Å². The number of halogens is 1. The van der Waals surface area contributed by atoms with Crippen molar-refractivity contribution in [2.45, 2.75) is 4.90 Å². The first-order valence-electron chi connectivity index (χ1n) is 6.18. The van der Waals surface area contributed by atoms with Gasteiger partial charge in [0.2, 0.25) is 0 Å². The molecule has 0 aliphatic heterocycles. The molecule has 20 heavy (non-hydrogen) atoms. The van der Waals surface area contributed by atoms with Gasteiger partial charge in [-0.2, -0.15) is 0 Å². The van der Waals surface area contributed by atoms with Crippen molar-refractivity contribution >= 4 is 23.4 Å². The van der Waals surface area contributed by atoms with Crippen LogP contribution < -0.4 is 11.1 Å². The Balaban J connectivity index is 1.82. The summed E-state index contributed by atoms with van der Waals surface area (Å²) in [7, 11) is 0. The molecular formula is C15H15FN2OS. The van der Waals surface area contributed by atoms with Gasteiger partial charge in [-0.25, -0.2) is 4.39 Å². The van der Waals surface area contributed by atoms with E-state index in [1.807, 2.05) is 30.3 Å². The lowest BCUT2D eigenvalue weighted by Gasteiger charge is -2.07.